The van der Waals surface area contributed by atoms with Crippen molar-refractivity contribution in [3.8, 4) is 17.7 Å². The third-order valence-corrected chi connectivity index (χ3v) is 7.59. The van der Waals surface area contributed by atoms with Crippen molar-refractivity contribution in [3.05, 3.63) is 71.9 Å². The van der Waals surface area contributed by atoms with Gasteiger partial charge in [-0.3, -0.25) is 4.79 Å². The number of pyridine rings is 2. The number of rotatable bonds is 6. The molecule has 2 aromatic heterocycles. The summed E-state index contributed by atoms with van der Waals surface area (Å²) in [6, 6.07) is 15.8. The van der Waals surface area contributed by atoms with Crippen LogP contribution in [0.1, 0.15) is 43.1 Å². The van der Waals surface area contributed by atoms with Crippen molar-refractivity contribution in [3.63, 3.8) is 0 Å². The Morgan fingerprint density at radius 1 is 1.20 bits per heavy atom. The molecule has 1 aliphatic heterocycles. The van der Waals surface area contributed by atoms with Gasteiger partial charge in [-0.25, -0.2) is 9.71 Å². The molecule has 180 valence electrons. The van der Waals surface area contributed by atoms with Gasteiger partial charge in [-0.2, -0.15) is 18.7 Å². The fourth-order valence-corrected chi connectivity index (χ4v) is 4.91. The van der Waals surface area contributed by atoms with Crippen LogP contribution in [-0.2, 0) is 10.0 Å². The molecule has 1 fully saturated rings. The number of hydrogen-bond acceptors (Lipinski definition) is 8. The zero-order valence-electron chi connectivity index (χ0n) is 19.6. The van der Waals surface area contributed by atoms with Crippen molar-refractivity contribution in [2.24, 2.45) is 5.92 Å². The molecule has 4 rings (SSSR count). The van der Waals surface area contributed by atoms with Crippen LogP contribution in [-0.4, -0.2) is 36.4 Å². The van der Waals surface area contributed by atoms with Gasteiger partial charge >= 0.3 is 0 Å². The number of amides is 1. The van der Waals surface area contributed by atoms with Gasteiger partial charge in [-0.15, -0.1) is 0 Å². The normalized spacial score (nSPS) is 17.0. The van der Waals surface area contributed by atoms with Gasteiger partial charge in [-0.05, 0) is 62.6 Å². The van der Waals surface area contributed by atoms with Crippen molar-refractivity contribution in [2.45, 2.75) is 37.8 Å². The summed E-state index contributed by atoms with van der Waals surface area (Å²) in [5.41, 5.74) is 0.318. The van der Waals surface area contributed by atoms with Crippen molar-refractivity contribution in [1.29, 1.82) is 5.26 Å². The van der Waals surface area contributed by atoms with Crippen molar-refractivity contribution < 1.29 is 17.9 Å². The number of anilines is 1. The summed E-state index contributed by atoms with van der Waals surface area (Å²) in [5.74, 6) is 0.364. The maximum absolute atomic E-state index is 13.1. The van der Waals surface area contributed by atoms with Crippen molar-refractivity contribution >= 4 is 21.7 Å². The molecule has 1 amide bonds. The molecule has 9 nitrogen and oxygen atoms in total. The molecule has 35 heavy (non-hydrogen) atoms. The number of ether oxygens (including phenoxy) is 1. The average Bonchev–Trinajstić information content (AvgIpc) is 3.11. The minimum atomic E-state index is -4.30. The molecule has 1 unspecified atom stereocenters. The second-order valence-electron chi connectivity index (χ2n) is 8.86. The van der Waals surface area contributed by atoms with E-state index in [0.29, 0.717) is 29.6 Å². The lowest BCUT2D eigenvalue weighted by atomic mass is 9.90. The quantitative estimate of drug-likeness (QED) is 0.551. The van der Waals surface area contributed by atoms with Crippen LogP contribution >= 0.6 is 0 Å². The molecule has 0 aliphatic carbocycles. The maximum atomic E-state index is 13.1. The summed E-state index contributed by atoms with van der Waals surface area (Å²) in [6.07, 6.45) is 2.53. The fourth-order valence-electron chi connectivity index (χ4n) is 3.98. The number of nitrogens with zero attached hydrogens (tertiary/aromatic N) is 4. The Kier molecular flexibility index (Phi) is 6.45. The van der Waals surface area contributed by atoms with E-state index in [1.54, 1.807) is 36.5 Å². The molecule has 1 N–H and O–H groups in total. The summed E-state index contributed by atoms with van der Waals surface area (Å²) in [5, 5.41) is 8.66. The van der Waals surface area contributed by atoms with Gasteiger partial charge in [0.15, 0.2) is 5.03 Å². The zero-order chi connectivity index (χ0) is 25.2. The first kappa shape index (κ1) is 24.2. The first-order valence-corrected chi connectivity index (χ1v) is 12.5. The highest BCUT2D eigenvalue weighted by Gasteiger charge is 2.40. The Hall–Kier alpha value is -3.97. The van der Waals surface area contributed by atoms with Gasteiger partial charge in [0, 0.05) is 24.3 Å². The van der Waals surface area contributed by atoms with Gasteiger partial charge in [-0.1, -0.05) is 19.1 Å². The summed E-state index contributed by atoms with van der Waals surface area (Å²) in [6.45, 7) is 7.02. The van der Waals surface area contributed by atoms with Crippen LogP contribution in [0.4, 0.5) is 5.82 Å². The van der Waals surface area contributed by atoms with Gasteiger partial charge in [0.2, 0.25) is 5.88 Å². The summed E-state index contributed by atoms with van der Waals surface area (Å²) < 4.78 is 33.7. The lowest BCUT2D eigenvalue weighted by Crippen LogP contribution is -2.43. The zero-order valence-corrected chi connectivity index (χ0v) is 20.4. The average molecular weight is 492 g/mol. The molecule has 0 radical (unpaired) electrons. The van der Waals surface area contributed by atoms with Crippen LogP contribution in [0.5, 0.6) is 11.6 Å². The number of nitrogens with one attached hydrogen (secondary N) is 1. The highest BCUT2D eigenvalue weighted by atomic mass is 32.2. The first-order valence-electron chi connectivity index (χ1n) is 11.1. The highest BCUT2D eigenvalue weighted by Crippen LogP contribution is 2.38. The Labute approximate surface area is 204 Å². The van der Waals surface area contributed by atoms with Crippen molar-refractivity contribution in [1.82, 2.24) is 14.7 Å². The fraction of sp³-hybridized carbons (Fsp3) is 0.280. The minimum absolute atomic E-state index is 0.00489. The van der Waals surface area contributed by atoms with Crippen LogP contribution in [0.2, 0.25) is 0 Å². The number of sulfonamides is 1. The Morgan fingerprint density at radius 2 is 1.97 bits per heavy atom. The lowest BCUT2D eigenvalue weighted by Gasteiger charge is -2.36. The molecular formula is C25H25N5O4S. The standard InChI is InChI=1S/C25H25N5O4S/c1-17-12-14-30(25(17,2)3)23-20(9-6-13-27-23)24(31)29-35(32,33)22-11-5-10-21(28-22)34-19-8-4-7-18(15-19)16-26/h4-11,13,15,17H,12,14H2,1-3H3,(H,29,31). The molecule has 1 aromatic carbocycles. The molecule has 1 saturated heterocycles. The summed E-state index contributed by atoms with van der Waals surface area (Å²) in [7, 11) is -4.30. The summed E-state index contributed by atoms with van der Waals surface area (Å²) >= 11 is 0. The second kappa shape index (κ2) is 9.35. The molecule has 10 heteroatoms. The van der Waals surface area contributed by atoms with E-state index in [1.165, 1.54) is 24.3 Å². The van der Waals surface area contributed by atoms with Gasteiger partial charge in [0.05, 0.1) is 17.2 Å². The van der Waals surface area contributed by atoms with E-state index >= 15 is 0 Å². The van der Waals surface area contributed by atoms with Gasteiger partial charge in [0.1, 0.15) is 11.6 Å². The first-order chi connectivity index (χ1) is 16.6. The molecule has 3 heterocycles. The minimum Gasteiger partial charge on any atom is -0.439 e. The Balaban J connectivity index is 1.57. The third-order valence-electron chi connectivity index (χ3n) is 6.36. The largest absolute Gasteiger partial charge is 0.439 e. The molecule has 1 aliphatic rings. The predicted octanol–water partition coefficient (Wildman–Crippen LogP) is 3.88. The summed E-state index contributed by atoms with van der Waals surface area (Å²) in [4.78, 5) is 23.6. The van der Waals surface area contributed by atoms with E-state index in [4.69, 9.17) is 10.00 Å². The molecular weight excluding hydrogens is 466 g/mol. The number of nitriles is 1. The van der Waals surface area contributed by atoms with Gasteiger partial charge < -0.3 is 9.64 Å². The number of aromatic nitrogens is 2. The SMILES string of the molecule is CC1CCN(c2ncccc2C(=O)NS(=O)(=O)c2cccc(Oc3cccc(C#N)c3)n2)C1(C)C. The van der Waals surface area contributed by atoms with Crippen LogP contribution < -0.4 is 14.4 Å². The molecule has 0 bridgehead atoms. The number of benzene rings is 1. The molecule has 1 atom stereocenters. The van der Waals surface area contributed by atoms with E-state index in [0.717, 1.165) is 6.42 Å². The van der Waals surface area contributed by atoms with Crippen LogP contribution in [0.3, 0.4) is 0 Å². The van der Waals surface area contributed by atoms with E-state index in [2.05, 4.69) is 35.5 Å². The Bertz CT molecular complexity index is 1420. The van der Waals surface area contributed by atoms with E-state index in [1.807, 2.05) is 11.0 Å². The van der Waals surface area contributed by atoms with Crippen LogP contribution in [0.25, 0.3) is 0 Å². The van der Waals surface area contributed by atoms with Crippen LogP contribution in [0, 0.1) is 17.2 Å². The molecule has 3 aromatic rings. The van der Waals surface area contributed by atoms with E-state index < -0.39 is 15.9 Å². The second-order valence-corrected chi connectivity index (χ2v) is 10.5. The Morgan fingerprint density at radius 3 is 2.69 bits per heavy atom. The molecule has 0 saturated carbocycles. The van der Waals surface area contributed by atoms with Crippen molar-refractivity contribution in [2.75, 3.05) is 11.4 Å². The predicted molar refractivity (Wildman–Crippen MR) is 130 cm³/mol. The monoisotopic (exact) mass is 491 g/mol. The smallest absolute Gasteiger partial charge is 0.281 e. The lowest BCUT2D eigenvalue weighted by molar-refractivity contribution is 0.0981. The van der Waals surface area contributed by atoms with E-state index in [9.17, 15) is 13.2 Å². The topological polar surface area (TPSA) is 125 Å². The van der Waals surface area contributed by atoms with Crippen LogP contribution in [0.15, 0.2) is 65.8 Å². The molecule has 0 spiro atoms. The highest BCUT2D eigenvalue weighted by molar-refractivity contribution is 7.90. The third kappa shape index (κ3) is 4.95. The number of carbonyl (C=O) groups excluding carboxylic acids is 1. The van der Waals surface area contributed by atoms with E-state index in [-0.39, 0.29) is 22.0 Å². The maximum Gasteiger partial charge on any atom is 0.281 e. The number of hydrogen-bond donors (Lipinski definition) is 1. The number of carbonyl (C=O) groups is 1. The van der Waals surface area contributed by atoms with Gasteiger partial charge in [0.25, 0.3) is 15.9 Å².